The smallest absolute Gasteiger partial charge is 0.102 e. The molecule has 0 aliphatic heterocycles. The average molecular weight is 417 g/mol. The molecular weight excluding hydrogens is 402 g/mol. The van der Waals surface area contributed by atoms with Crippen molar-refractivity contribution in [3.8, 4) is 0 Å². The van der Waals surface area contributed by atoms with E-state index >= 15 is 0 Å². The molecule has 0 bridgehead atoms. The van der Waals surface area contributed by atoms with Gasteiger partial charge < -0.3 is 21.1 Å². The Kier molecular flexibility index (Phi) is 23.2. The van der Waals surface area contributed by atoms with Gasteiger partial charge in [-0.3, -0.25) is 0 Å². The van der Waals surface area contributed by atoms with Crippen molar-refractivity contribution < 1.29 is 35.4 Å². The minimum absolute atomic E-state index is 0. The molecule has 0 saturated heterocycles. The van der Waals surface area contributed by atoms with Crippen LogP contribution in [0.1, 0.15) is 0 Å². The molecule has 0 rings (SSSR count). The van der Waals surface area contributed by atoms with Crippen molar-refractivity contribution in [3.05, 3.63) is 11.5 Å². The molecule has 0 saturated carbocycles. The van der Waals surface area contributed by atoms with Crippen LogP contribution in [0.15, 0.2) is 0 Å². The zero-order valence-electron chi connectivity index (χ0n) is 8.72. The first-order valence-electron chi connectivity index (χ1n) is 3.41. The van der Waals surface area contributed by atoms with Gasteiger partial charge in [-0.15, -0.1) is 12.4 Å². The average Bonchev–Trinajstić information content (AvgIpc) is 1.88. The molecule has 0 aliphatic rings. The second-order valence-electron chi connectivity index (χ2n) is 2.66. The number of hydrogen-bond donors (Lipinski definition) is 0. The van der Waals surface area contributed by atoms with Crippen LogP contribution < -0.4 is 0 Å². The van der Waals surface area contributed by atoms with E-state index in [4.69, 9.17) is 11.5 Å². The first-order chi connectivity index (χ1) is 5.29. The van der Waals surface area contributed by atoms with Gasteiger partial charge >= 0.3 is 0 Å². The number of carbonyl (C=O) groups is 2. The summed E-state index contributed by atoms with van der Waals surface area (Å²) in [6.07, 6.45) is 0. The van der Waals surface area contributed by atoms with Crippen molar-refractivity contribution in [1.29, 1.82) is 0 Å². The standard InChI is InChI=1S/2C3H8NOSi.ClH.Hf/c2*1-6(2)3(4)5;;/h2*1-2H3,(H2,4,5);1H;/p-2. The summed E-state index contributed by atoms with van der Waals surface area (Å²) in [5.74, 6) is 0. The van der Waals surface area contributed by atoms with E-state index in [0.29, 0.717) is 0 Å². The molecule has 2 amide bonds. The Bertz CT molecular complexity index is 152. The third-order valence-electron chi connectivity index (χ3n) is 0.908. The maximum atomic E-state index is 9.86. The molecule has 2 radical (unpaired) electrons. The van der Waals surface area contributed by atoms with E-state index in [1.165, 1.54) is 0 Å². The normalized spacial score (nSPS) is 7.86. The molecule has 0 spiro atoms. The van der Waals surface area contributed by atoms with E-state index in [1.54, 1.807) is 26.2 Å². The summed E-state index contributed by atoms with van der Waals surface area (Å²) >= 11 is 0. The van der Waals surface area contributed by atoms with Crippen molar-refractivity contribution in [2.45, 2.75) is 26.2 Å². The van der Waals surface area contributed by atoms with Gasteiger partial charge in [-0.05, 0) is 0 Å². The zero-order valence-corrected chi connectivity index (χ0v) is 15.1. The summed E-state index contributed by atoms with van der Waals surface area (Å²) in [6, 6.07) is 0. The molecule has 14 heavy (non-hydrogen) atoms. The van der Waals surface area contributed by atoms with Gasteiger partial charge in [0.15, 0.2) is 0 Å². The van der Waals surface area contributed by atoms with Crippen molar-refractivity contribution in [2.24, 2.45) is 0 Å². The number of amides is 2. The molecule has 0 aliphatic carbocycles. The Labute approximate surface area is 114 Å². The second-order valence-corrected chi connectivity index (χ2v) is 7.57. The molecule has 0 fully saturated rings. The minimum atomic E-state index is -0.924. The SMILES string of the molecule is C[Si](C)C([NH-])=O.C[Si](C)C([NH-])=O.Cl.[Hf]. The summed E-state index contributed by atoms with van der Waals surface area (Å²) in [7, 11) is -1.85. The predicted octanol–water partition coefficient (Wildman–Crippen LogP) is 3.41. The van der Waals surface area contributed by atoms with Gasteiger partial charge in [-0.1, -0.05) is 26.2 Å². The van der Waals surface area contributed by atoms with Crippen LogP contribution in [0.5, 0.6) is 0 Å². The van der Waals surface area contributed by atoms with Crippen LogP contribution in [0.2, 0.25) is 26.2 Å². The largest absolute Gasteiger partial charge is 0.672 e. The third kappa shape index (κ3) is 22.9. The van der Waals surface area contributed by atoms with Crippen molar-refractivity contribution in [2.75, 3.05) is 0 Å². The van der Waals surface area contributed by atoms with Crippen LogP contribution in [-0.4, -0.2) is 28.7 Å². The van der Waals surface area contributed by atoms with Gasteiger partial charge in [0.2, 0.25) is 0 Å². The van der Waals surface area contributed by atoms with Gasteiger partial charge in [-0.25, -0.2) is 0 Å². The van der Waals surface area contributed by atoms with Crippen molar-refractivity contribution >= 4 is 41.1 Å². The van der Waals surface area contributed by atoms with E-state index in [2.05, 4.69) is 0 Å². The molecule has 2 N–H and O–H groups in total. The fourth-order valence-corrected chi connectivity index (χ4v) is 0. The molecular formula is C6H15ClHfN2O2Si2-2. The molecule has 0 heterocycles. The molecule has 0 aromatic rings. The molecule has 82 valence electrons. The number of nitrogens with one attached hydrogen (secondary N) is 2. The van der Waals surface area contributed by atoms with Crippen LogP contribution in [0, 0.1) is 0 Å². The zero-order chi connectivity index (χ0) is 10.3. The number of carbonyl (C=O) groups excluding carboxylic acids is 2. The van der Waals surface area contributed by atoms with Crippen LogP contribution in [0.25, 0.3) is 11.5 Å². The Morgan fingerprint density at radius 3 is 0.929 bits per heavy atom. The molecule has 4 nitrogen and oxygen atoms in total. The van der Waals surface area contributed by atoms with E-state index < -0.39 is 17.6 Å². The number of hydrogen-bond acceptors (Lipinski definition) is 2. The van der Waals surface area contributed by atoms with Gasteiger partial charge in [0.05, 0.1) is 0 Å². The summed E-state index contributed by atoms with van der Waals surface area (Å²) in [5, 5.41) is 0. The molecule has 0 aromatic heterocycles. The van der Waals surface area contributed by atoms with Crippen LogP contribution in [0.4, 0.5) is 9.59 Å². The fourth-order valence-electron chi connectivity index (χ4n) is 0. The number of halogens is 1. The Morgan fingerprint density at radius 1 is 0.857 bits per heavy atom. The Hall–Kier alpha value is 0.534. The summed E-state index contributed by atoms with van der Waals surface area (Å²) in [4.78, 5) is 19.7. The van der Waals surface area contributed by atoms with E-state index in [-0.39, 0.29) is 49.3 Å². The maximum Gasteiger partial charge on any atom is 0.102 e. The summed E-state index contributed by atoms with van der Waals surface area (Å²) in [5.41, 5.74) is 12.1. The third-order valence-corrected chi connectivity index (χ3v) is 2.72. The van der Waals surface area contributed by atoms with Gasteiger partial charge in [0.25, 0.3) is 0 Å². The summed E-state index contributed by atoms with van der Waals surface area (Å²) < 4.78 is 0. The molecule has 0 aromatic carbocycles. The second kappa shape index (κ2) is 13.5. The minimum Gasteiger partial charge on any atom is -0.672 e. The van der Waals surface area contributed by atoms with E-state index in [9.17, 15) is 9.59 Å². The maximum absolute atomic E-state index is 9.86. The quantitative estimate of drug-likeness (QED) is 0.646. The van der Waals surface area contributed by atoms with E-state index in [1.807, 2.05) is 0 Å². The van der Waals surface area contributed by atoms with E-state index in [0.717, 1.165) is 0 Å². The molecule has 0 atom stereocenters. The first-order valence-corrected chi connectivity index (χ1v) is 8.41. The summed E-state index contributed by atoms with van der Waals surface area (Å²) in [6.45, 7) is 7.22. The van der Waals surface area contributed by atoms with Gasteiger partial charge in [-0.2, -0.15) is 0 Å². The molecule has 8 heteroatoms. The Balaban J connectivity index is -0.0000000625. The van der Waals surface area contributed by atoms with Gasteiger partial charge in [0, 0.05) is 36.9 Å². The first kappa shape index (κ1) is 24.0. The van der Waals surface area contributed by atoms with Crippen LogP contribution in [-0.2, 0) is 25.8 Å². The van der Waals surface area contributed by atoms with Crippen LogP contribution >= 0.6 is 12.4 Å². The van der Waals surface area contributed by atoms with Crippen molar-refractivity contribution in [1.82, 2.24) is 0 Å². The number of rotatable bonds is 2. The van der Waals surface area contributed by atoms with Crippen molar-refractivity contribution in [3.63, 3.8) is 0 Å². The fraction of sp³-hybridized carbons (Fsp3) is 0.667. The van der Waals surface area contributed by atoms with Crippen LogP contribution in [0.3, 0.4) is 0 Å². The predicted molar refractivity (Wildman–Crippen MR) is 61.6 cm³/mol. The Morgan fingerprint density at radius 2 is 0.929 bits per heavy atom. The molecule has 0 unspecified atom stereocenters. The monoisotopic (exact) mass is 418 g/mol. The topological polar surface area (TPSA) is 81.7 Å². The van der Waals surface area contributed by atoms with Gasteiger partial charge in [0.1, 0.15) is 17.6 Å².